The van der Waals surface area contributed by atoms with Gasteiger partial charge in [-0.3, -0.25) is 4.90 Å². The lowest BCUT2D eigenvalue weighted by Gasteiger charge is -2.34. The lowest BCUT2D eigenvalue weighted by Crippen LogP contribution is -2.59. The smallest absolute Gasteiger partial charge is 0.0901 e. The Kier molecular flexibility index (Phi) is 22.4. The van der Waals surface area contributed by atoms with Crippen LogP contribution in [0.1, 0.15) is 41.5 Å². The van der Waals surface area contributed by atoms with Crippen molar-refractivity contribution in [1.29, 1.82) is 0 Å². The first-order valence-electron chi connectivity index (χ1n) is 13.0. The van der Waals surface area contributed by atoms with E-state index in [0.717, 1.165) is 0 Å². The number of aliphatic hydroxyl groups is 9. The van der Waals surface area contributed by atoms with Gasteiger partial charge in [0.2, 0.25) is 0 Å². The van der Waals surface area contributed by atoms with Crippen molar-refractivity contribution in [2.45, 2.75) is 75.3 Å². The molecule has 0 rings (SSSR count). The maximum atomic E-state index is 9.68. The van der Waals surface area contributed by atoms with Crippen molar-refractivity contribution < 1.29 is 46.0 Å². The molecule has 0 spiro atoms. The average molecular weight is 576 g/mol. The van der Waals surface area contributed by atoms with E-state index in [4.69, 9.17) is 46.6 Å². The van der Waals surface area contributed by atoms with Crippen LogP contribution < -0.4 is 21.7 Å². The van der Waals surface area contributed by atoms with E-state index in [1.165, 1.54) is 0 Å². The number of rotatable bonds is 18. The Morgan fingerprint density at radius 2 is 0.923 bits per heavy atom. The fraction of sp³-hybridized carbons (Fsp3) is 1.00. The number of hydrogen-bond acceptors (Lipinski definition) is 14. The summed E-state index contributed by atoms with van der Waals surface area (Å²) in [7, 11) is 3.39. The lowest BCUT2D eigenvalue weighted by molar-refractivity contribution is -0.0224. The molecule has 14 nitrogen and oxygen atoms in total. The third-order valence-corrected chi connectivity index (χ3v) is 6.08. The molecular formula is C25H61N5O9. The van der Waals surface area contributed by atoms with Crippen LogP contribution in [-0.4, -0.2) is 171 Å². The molecule has 0 aliphatic rings. The van der Waals surface area contributed by atoms with E-state index in [0.29, 0.717) is 19.6 Å². The second kappa shape index (κ2) is 20.3. The molecule has 0 aromatic heterocycles. The number of nitrogens with two attached hydrogens (primary N) is 1. The molecule has 0 aromatic rings. The topological polar surface area (TPSA) is 247 Å². The molecule has 0 aliphatic heterocycles. The fourth-order valence-electron chi connectivity index (χ4n) is 2.28. The van der Waals surface area contributed by atoms with Crippen molar-refractivity contribution in [3.05, 3.63) is 0 Å². The van der Waals surface area contributed by atoms with Gasteiger partial charge in [-0.15, -0.1) is 0 Å². The van der Waals surface area contributed by atoms with Crippen LogP contribution in [0.5, 0.6) is 0 Å². The third kappa shape index (κ3) is 20.0. The van der Waals surface area contributed by atoms with Crippen LogP contribution in [0, 0.1) is 0 Å². The summed E-state index contributed by atoms with van der Waals surface area (Å²) in [5.41, 5.74) is 2.59. The van der Waals surface area contributed by atoms with Crippen LogP contribution in [0.15, 0.2) is 0 Å². The van der Waals surface area contributed by atoms with Crippen molar-refractivity contribution in [2.75, 3.05) is 86.6 Å². The SMILES string of the molecule is CC(C)(CO)NCC(O)CNC(C)(C)CO.CC(C)(N)CNC(CO)(CO)CO.CN(C)C(CO)(CO)CO. The minimum Gasteiger partial charge on any atom is -0.394 e. The highest BCUT2D eigenvalue weighted by Crippen LogP contribution is 2.08. The molecule has 0 unspecified atom stereocenters. The Labute approximate surface area is 234 Å². The first-order chi connectivity index (χ1) is 17.7. The van der Waals surface area contributed by atoms with E-state index in [2.05, 4.69) is 16.0 Å². The van der Waals surface area contributed by atoms with Gasteiger partial charge in [0.25, 0.3) is 0 Å². The molecule has 0 bridgehead atoms. The molecule has 240 valence electrons. The summed E-state index contributed by atoms with van der Waals surface area (Å²) >= 11 is 0. The summed E-state index contributed by atoms with van der Waals surface area (Å²) in [6, 6.07) is 0. The zero-order valence-corrected chi connectivity index (χ0v) is 25.4. The Morgan fingerprint density at radius 3 is 1.10 bits per heavy atom. The van der Waals surface area contributed by atoms with Crippen LogP contribution in [0.4, 0.5) is 0 Å². The molecule has 14 N–H and O–H groups in total. The summed E-state index contributed by atoms with van der Waals surface area (Å²) < 4.78 is 0. The number of likely N-dealkylation sites (N-methyl/N-ethyl adjacent to an activating group) is 1. The number of nitrogens with one attached hydrogen (secondary N) is 3. The zero-order chi connectivity index (χ0) is 31.6. The van der Waals surface area contributed by atoms with E-state index in [-0.39, 0.29) is 63.9 Å². The monoisotopic (exact) mass is 575 g/mol. The normalized spacial score (nSPS) is 13.2. The summed E-state index contributed by atoms with van der Waals surface area (Å²) in [4.78, 5) is 1.60. The Balaban J connectivity index is -0.000000513. The molecule has 0 radical (unpaired) electrons. The van der Waals surface area contributed by atoms with E-state index < -0.39 is 22.7 Å². The second-order valence-electron chi connectivity index (χ2n) is 12.2. The predicted octanol–water partition coefficient (Wildman–Crippen LogP) is -4.64. The van der Waals surface area contributed by atoms with Crippen molar-refractivity contribution >= 4 is 0 Å². The zero-order valence-electron chi connectivity index (χ0n) is 25.4. The van der Waals surface area contributed by atoms with E-state index in [1.807, 2.05) is 41.5 Å². The van der Waals surface area contributed by atoms with Gasteiger partial charge in [0.05, 0.1) is 70.0 Å². The van der Waals surface area contributed by atoms with Gasteiger partial charge < -0.3 is 67.6 Å². The van der Waals surface area contributed by atoms with Gasteiger partial charge >= 0.3 is 0 Å². The number of aliphatic hydroxyl groups excluding tert-OH is 9. The van der Waals surface area contributed by atoms with E-state index in [9.17, 15) is 5.11 Å². The quantitative estimate of drug-likeness (QED) is 0.0735. The maximum absolute atomic E-state index is 9.68. The minimum absolute atomic E-state index is 0.0231. The van der Waals surface area contributed by atoms with Crippen molar-refractivity contribution in [3.8, 4) is 0 Å². The number of hydrogen-bond donors (Lipinski definition) is 13. The standard InChI is InChI=1S/C11H26N2O3.C8H20N2O3.C6H15NO3/c1-10(2,7-14)12-5-9(16)6-13-11(3,4)8-15;1-7(2,9)3-10-8(4-11,5-12)6-13;1-7(2)6(3-8,4-9)5-10/h9,12-16H,5-8H2,1-4H3;10-13H,3-6,9H2,1-2H3;8-10H,3-5H2,1-2H3. The van der Waals surface area contributed by atoms with Crippen molar-refractivity contribution in [2.24, 2.45) is 5.73 Å². The largest absolute Gasteiger partial charge is 0.394 e. The summed E-state index contributed by atoms with van der Waals surface area (Å²) in [5, 5.41) is 89.9. The second-order valence-corrected chi connectivity index (χ2v) is 12.2. The van der Waals surface area contributed by atoms with E-state index in [1.54, 1.807) is 19.0 Å². The first kappa shape index (κ1) is 42.9. The molecule has 0 saturated carbocycles. The van der Waals surface area contributed by atoms with Gasteiger partial charge in [-0.05, 0) is 55.6 Å². The summed E-state index contributed by atoms with van der Waals surface area (Å²) in [6.45, 7) is 10.7. The molecule has 0 saturated heterocycles. The molecule has 0 fully saturated rings. The van der Waals surface area contributed by atoms with Crippen LogP contribution in [0.3, 0.4) is 0 Å². The van der Waals surface area contributed by atoms with Gasteiger partial charge in [0.15, 0.2) is 0 Å². The van der Waals surface area contributed by atoms with Crippen molar-refractivity contribution in [1.82, 2.24) is 20.9 Å². The predicted molar refractivity (Wildman–Crippen MR) is 152 cm³/mol. The minimum atomic E-state index is -1.03. The highest BCUT2D eigenvalue weighted by atomic mass is 16.3. The van der Waals surface area contributed by atoms with Crippen LogP contribution in [-0.2, 0) is 0 Å². The maximum Gasteiger partial charge on any atom is 0.0901 e. The fourth-order valence-corrected chi connectivity index (χ4v) is 2.28. The van der Waals surface area contributed by atoms with Gasteiger partial charge in [0, 0.05) is 36.3 Å². The summed E-state index contributed by atoms with van der Waals surface area (Å²) in [6.07, 6.45) is -0.545. The molecule has 0 amide bonds. The molecular weight excluding hydrogens is 514 g/mol. The first-order valence-corrected chi connectivity index (χ1v) is 13.0. The molecule has 0 aromatic carbocycles. The van der Waals surface area contributed by atoms with Gasteiger partial charge in [-0.2, -0.15) is 0 Å². The molecule has 14 heteroatoms. The highest BCUT2D eigenvalue weighted by Gasteiger charge is 2.30. The molecule has 39 heavy (non-hydrogen) atoms. The Morgan fingerprint density at radius 1 is 0.590 bits per heavy atom. The van der Waals surface area contributed by atoms with Crippen LogP contribution in [0.2, 0.25) is 0 Å². The highest BCUT2D eigenvalue weighted by molar-refractivity contribution is 4.90. The van der Waals surface area contributed by atoms with Crippen LogP contribution in [0.25, 0.3) is 0 Å². The third-order valence-electron chi connectivity index (χ3n) is 6.08. The van der Waals surface area contributed by atoms with Gasteiger partial charge in [-0.25, -0.2) is 0 Å². The van der Waals surface area contributed by atoms with Crippen molar-refractivity contribution in [3.63, 3.8) is 0 Å². The van der Waals surface area contributed by atoms with Crippen LogP contribution >= 0.6 is 0 Å². The lowest BCUT2D eigenvalue weighted by atomic mass is 10.0. The Hall–Kier alpha value is -0.560. The molecule has 0 atom stereocenters. The molecule has 0 heterocycles. The van der Waals surface area contributed by atoms with Gasteiger partial charge in [0.1, 0.15) is 0 Å². The Bertz CT molecular complexity index is 546. The average Bonchev–Trinajstić information content (AvgIpc) is 2.89. The number of β-amino-alcohol motifs (C(OH)–C–C–N with tert-alkyl or cyclic N) is 1. The summed E-state index contributed by atoms with van der Waals surface area (Å²) in [5.74, 6) is 0. The van der Waals surface area contributed by atoms with Gasteiger partial charge in [-0.1, -0.05) is 0 Å². The number of nitrogens with zero attached hydrogens (tertiary/aromatic N) is 1. The van der Waals surface area contributed by atoms with E-state index >= 15 is 0 Å². The molecule has 0 aliphatic carbocycles.